The van der Waals surface area contributed by atoms with Crippen LogP contribution >= 0.6 is 0 Å². The van der Waals surface area contributed by atoms with Gasteiger partial charge in [-0.1, -0.05) is 24.3 Å². The minimum Gasteiger partial charge on any atom is -0.494 e. The number of nitrogens with one attached hydrogen (secondary N) is 1. The Hall–Kier alpha value is -3.16. The Labute approximate surface area is 154 Å². The molecule has 0 saturated carbocycles. The summed E-state index contributed by atoms with van der Waals surface area (Å²) in [5, 5.41) is 11.2. The van der Waals surface area contributed by atoms with E-state index in [-0.39, 0.29) is 24.3 Å². The van der Waals surface area contributed by atoms with Crippen LogP contribution in [0.15, 0.2) is 48.5 Å². The van der Waals surface area contributed by atoms with Gasteiger partial charge in [-0.3, -0.25) is 9.59 Å². The highest BCUT2D eigenvalue weighted by molar-refractivity contribution is 5.96. The first-order valence-corrected chi connectivity index (χ1v) is 8.21. The molecule has 0 fully saturated rings. The van der Waals surface area contributed by atoms with Crippen molar-refractivity contribution in [3.8, 4) is 11.5 Å². The molecule has 0 aliphatic rings. The first-order chi connectivity index (χ1) is 13.0. The minimum absolute atomic E-state index is 0.0242. The van der Waals surface area contributed by atoms with Crippen molar-refractivity contribution in [1.29, 1.82) is 0 Å². The van der Waals surface area contributed by atoms with Crippen molar-refractivity contribution in [3.05, 3.63) is 59.7 Å². The Morgan fingerprint density at radius 3 is 2.44 bits per heavy atom. The minimum atomic E-state index is -3.01. The standard InChI is InChI=1S/C19H19F2NO5/c20-19(21)27-16-5-2-1-4-15(16)18(25)22-12-13-7-9-14(10-8-13)26-11-3-6-17(23)24/h1-2,4-5,7-10,19H,3,6,11-12H2,(H,22,25)(H,23,24). The number of halogens is 2. The Morgan fingerprint density at radius 1 is 1.07 bits per heavy atom. The lowest BCUT2D eigenvalue weighted by Crippen LogP contribution is -2.23. The molecule has 0 spiro atoms. The fourth-order valence-electron chi connectivity index (χ4n) is 2.25. The largest absolute Gasteiger partial charge is 0.494 e. The molecule has 0 unspecified atom stereocenters. The first kappa shape index (κ1) is 20.2. The second kappa shape index (κ2) is 10.1. The van der Waals surface area contributed by atoms with Gasteiger partial charge in [0.05, 0.1) is 12.2 Å². The number of carbonyl (C=O) groups is 2. The average Bonchev–Trinajstić information content (AvgIpc) is 2.64. The molecular weight excluding hydrogens is 360 g/mol. The fourth-order valence-corrected chi connectivity index (χ4v) is 2.25. The molecule has 8 heteroatoms. The summed E-state index contributed by atoms with van der Waals surface area (Å²) in [6.45, 7) is -2.52. The summed E-state index contributed by atoms with van der Waals surface area (Å²) >= 11 is 0. The van der Waals surface area contributed by atoms with Crippen LogP contribution in [0.5, 0.6) is 11.5 Å². The predicted molar refractivity (Wildman–Crippen MR) is 93.1 cm³/mol. The molecule has 0 aromatic heterocycles. The van der Waals surface area contributed by atoms with Gasteiger partial charge < -0.3 is 19.9 Å². The summed E-state index contributed by atoms with van der Waals surface area (Å²) in [4.78, 5) is 22.6. The molecule has 0 atom stereocenters. The summed E-state index contributed by atoms with van der Waals surface area (Å²) in [7, 11) is 0. The van der Waals surface area contributed by atoms with Crippen molar-refractivity contribution < 1.29 is 33.0 Å². The maximum absolute atomic E-state index is 12.4. The van der Waals surface area contributed by atoms with Crippen LogP contribution in [0.4, 0.5) is 8.78 Å². The summed E-state index contributed by atoms with van der Waals surface area (Å²) < 4.78 is 34.6. The maximum Gasteiger partial charge on any atom is 0.387 e. The summed E-state index contributed by atoms with van der Waals surface area (Å²) in [6.07, 6.45) is 0.452. The third-order valence-corrected chi connectivity index (χ3v) is 3.53. The van der Waals surface area contributed by atoms with Gasteiger partial charge in [0, 0.05) is 13.0 Å². The van der Waals surface area contributed by atoms with Crippen molar-refractivity contribution in [2.75, 3.05) is 6.61 Å². The van der Waals surface area contributed by atoms with Crippen LogP contribution in [0.2, 0.25) is 0 Å². The third kappa shape index (κ3) is 6.93. The van der Waals surface area contributed by atoms with Gasteiger partial charge in [-0.15, -0.1) is 0 Å². The van der Waals surface area contributed by atoms with Crippen LogP contribution < -0.4 is 14.8 Å². The van der Waals surface area contributed by atoms with E-state index in [1.54, 1.807) is 30.3 Å². The van der Waals surface area contributed by atoms with Crippen molar-refractivity contribution in [1.82, 2.24) is 5.32 Å². The lowest BCUT2D eigenvalue weighted by molar-refractivity contribution is -0.137. The molecule has 2 N–H and O–H groups in total. The number of ether oxygens (including phenoxy) is 2. The number of rotatable bonds is 10. The van der Waals surface area contributed by atoms with E-state index in [9.17, 15) is 18.4 Å². The number of amides is 1. The van der Waals surface area contributed by atoms with Crippen molar-refractivity contribution in [2.45, 2.75) is 26.0 Å². The normalized spacial score (nSPS) is 10.5. The zero-order chi connectivity index (χ0) is 19.6. The SMILES string of the molecule is O=C(O)CCCOc1ccc(CNC(=O)c2ccccc2OC(F)F)cc1. The number of aliphatic carboxylic acids is 1. The molecule has 0 bridgehead atoms. The average molecular weight is 379 g/mol. The first-order valence-electron chi connectivity index (χ1n) is 8.21. The molecule has 1 amide bonds. The van der Waals surface area contributed by atoms with E-state index in [4.69, 9.17) is 9.84 Å². The fraction of sp³-hybridized carbons (Fsp3) is 0.263. The molecule has 2 rings (SSSR count). The van der Waals surface area contributed by atoms with Gasteiger partial charge >= 0.3 is 12.6 Å². The molecule has 0 aliphatic heterocycles. The quantitative estimate of drug-likeness (QED) is 0.618. The summed E-state index contributed by atoms with van der Waals surface area (Å²) in [5.41, 5.74) is 0.810. The molecule has 0 saturated heterocycles. The number of benzene rings is 2. The highest BCUT2D eigenvalue weighted by Crippen LogP contribution is 2.20. The van der Waals surface area contributed by atoms with Gasteiger partial charge in [0.1, 0.15) is 11.5 Å². The molecule has 2 aromatic carbocycles. The molecule has 0 aliphatic carbocycles. The van der Waals surface area contributed by atoms with E-state index >= 15 is 0 Å². The van der Waals surface area contributed by atoms with E-state index in [2.05, 4.69) is 10.1 Å². The van der Waals surface area contributed by atoms with Gasteiger partial charge in [0.2, 0.25) is 0 Å². The van der Waals surface area contributed by atoms with Crippen molar-refractivity contribution in [2.24, 2.45) is 0 Å². The number of hydrogen-bond acceptors (Lipinski definition) is 4. The number of para-hydroxylation sites is 1. The number of carboxylic acid groups (broad SMARTS) is 1. The monoisotopic (exact) mass is 379 g/mol. The lowest BCUT2D eigenvalue weighted by atomic mass is 10.1. The third-order valence-electron chi connectivity index (χ3n) is 3.53. The van der Waals surface area contributed by atoms with Crippen LogP contribution in [-0.4, -0.2) is 30.2 Å². The molecule has 144 valence electrons. The highest BCUT2D eigenvalue weighted by Gasteiger charge is 2.15. The van der Waals surface area contributed by atoms with Gasteiger partial charge in [0.15, 0.2) is 0 Å². The molecule has 2 aromatic rings. The van der Waals surface area contributed by atoms with Crippen molar-refractivity contribution in [3.63, 3.8) is 0 Å². The van der Waals surface area contributed by atoms with Crippen molar-refractivity contribution >= 4 is 11.9 Å². The van der Waals surface area contributed by atoms with Crippen LogP contribution in [0.1, 0.15) is 28.8 Å². The van der Waals surface area contributed by atoms with E-state index in [0.29, 0.717) is 18.8 Å². The van der Waals surface area contributed by atoms with E-state index < -0.39 is 18.5 Å². The summed E-state index contributed by atoms with van der Waals surface area (Å²) in [6, 6.07) is 12.7. The predicted octanol–water partition coefficient (Wildman–Crippen LogP) is 3.46. The molecule has 27 heavy (non-hydrogen) atoms. The zero-order valence-corrected chi connectivity index (χ0v) is 14.4. The van der Waals surface area contributed by atoms with Gasteiger partial charge in [-0.25, -0.2) is 0 Å². The topological polar surface area (TPSA) is 84.9 Å². The van der Waals surface area contributed by atoms with Gasteiger partial charge in [-0.05, 0) is 36.2 Å². The Bertz CT molecular complexity index is 765. The van der Waals surface area contributed by atoms with E-state index in [0.717, 1.165) is 5.56 Å². The zero-order valence-electron chi connectivity index (χ0n) is 14.4. The second-order valence-electron chi connectivity index (χ2n) is 5.55. The van der Waals surface area contributed by atoms with Gasteiger partial charge in [0.25, 0.3) is 5.91 Å². The number of carboxylic acids is 1. The molecule has 0 radical (unpaired) electrons. The molecular formula is C19H19F2NO5. The van der Waals surface area contributed by atoms with Crippen LogP contribution in [0.3, 0.4) is 0 Å². The van der Waals surface area contributed by atoms with E-state index in [1.807, 2.05) is 0 Å². The van der Waals surface area contributed by atoms with Crippen LogP contribution in [0.25, 0.3) is 0 Å². The van der Waals surface area contributed by atoms with Crippen LogP contribution in [0, 0.1) is 0 Å². The number of hydrogen-bond donors (Lipinski definition) is 2. The number of alkyl halides is 2. The Kier molecular flexibility index (Phi) is 7.54. The van der Waals surface area contributed by atoms with E-state index in [1.165, 1.54) is 18.2 Å². The highest BCUT2D eigenvalue weighted by atomic mass is 19.3. The van der Waals surface area contributed by atoms with Crippen LogP contribution in [-0.2, 0) is 11.3 Å². The number of carbonyl (C=O) groups excluding carboxylic acids is 1. The second-order valence-corrected chi connectivity index (χ2v) is 5.55. The van der Waals surface area contributed by atoms with Gasteiger partial charge in [-0.2, -0.15) is 8.78 Å². The maximum atomic E-state index is 12.4. The molecule has 0 heterocycles. The summed E-state index contributed by atoms with van der Waals surface area (Å²) in [5.74, 6) is -0.994. The Morgan fingerprint density at radius 2 is 1.78 bits per heavy atom. The smallest absolute Gasteiger partial charge is 0.387 e. The molecule has 6 nitrogen and oxygen atoms in total. The lowest BCUT2D eigenvalue weighted by Gasteiger charge is -2.11. The Balaban J connectivity index is 1.86.